The summed E-state index contributed by atoms with van der Waals surface area (Å²) in [6.07, 6.45) is 0. The van der Waals surface area contributed by atoms with E-state index in [1.165, 1.54) is 0 Å². The Balaban J connectivity index is 2.12. The van der Waals surface area contributed by atoms with E-state index in [9.17, 15) is 0 Å². The third kappa shape index (κ3) is 3.77. The monoisotopic (exact) mass is 273 g/mol. The van der Waals surface area contributed by atoms with Crippen LogP contribution in [0.5, 0.6) is 11.5 Å². The fourth-order valence-corrected chi connectivity index (χ4v) is 1.82. The predicted molar refractivity (Wildman–Crippen MR) is 79.6 cm³/mol. The zero-order valence-corrected chi connectivity index (χ0v) is 11.4. The van der Waals surface area contributed by atoms with Crippen molar-refractivity contribution in [1.82, 2.24) is 0 Å². The Morgan fingerprint density at radius 3 is 2.47 bits per heavy atom. The standard InChI is InChI=1S/C15H15NO2S/c1-17-10-11-3-2-4-14(9-11)18-13-7-5-12(6-8-13)15(16)19/h2-9H,10H2,1H3,(H2,16,19). The highest BCUT2D eigenvalue weighted by Crippen LogP contribution is 2.22. The van der Waals surface area contributed by atoms with Gasteiger partial charge in [-0.1, -0.05) is 24.4 Å². The number of benzene rings is 2. The lowest BCUT2D eigenvalue weighted by Gasteiger charge is -2.08. The van der Waals surface area contributed by atoms with Crippen molar-refractivity contribution in [2.75, 3.05) is 7.11 Å². The summed E-state index contributed by atoms with van der Waals surface area (Å²) in [5.41, 5.74) is 7.44. The minimum Gasteiger partial charge on any atom is -0.457 e. The number of nitrogens with two attached hydrogens (primary N) is 1. The zero-order chi connectivity index (χ0) is 13.7. The molecule has 0 amide bonds. The van der Waals surface area contributed by atoms with Gasteiger partial charge in [0.15, 0.2) is 0 Å². The molecule has 0 spiro atoms. The summed E-state index contributed by atoms with van der Waals surface area (Å²) in [7, 11) is 1.67. The molecule has 19 heavy (non-hydrogen) atoms. The Hall–Kier alpha value is -1.91. The molecule has 0 radical (unpaired) electrons. The van der Waals surface area contributed by atoms with E-state index in [4.69, 9.17) is 27.4 Å². The molecule has 2 rings (SSSR count). The Kier molecular flexibility index (Phi) is 4.49. The number of rotatable bonds is 5. The van der Waals surface area contributed by atoms with E-state index in [2.05, 4.69) is 0 Å². The van der Waals surface area contributed by atoms with Crippen LogP contribution in [-0.4, -0.2) is 12.1 Å². The first-order valence-electron chi connectivity index (χ1n) is 5.84. The smallest absolute Gasteiger partial charge is 0.127 e. The molecule has 0 heterocycles. The first kappa shape index (κ1) is 13.5. The first-order chi connectivity index (χ1) is 9.19. The van der Waals surface area contributed by atoms with E-state index in [-0.39, 0.29) is 0 Å². The van der Waals surface area contributed by atoms with Gasteiger partial charge in [-0.05, 0) is 42.0 Å². The van der Waals surface area contributed by atoms with Crippen LogP contribution in [0.2, 0.25) is 0 Å². The average Bonchev–Trinajstić information content (AvgIpc) is 2.40. The van der Waals surface area contributed by atoms with Crippen LogP contribution >= 0.6 is 12.2 Å². The molecule has 0 bridgehead atoms. The van der Waals surface area contributed by atoms with E-state index in [0.29, 0.717) is 11.6 Å². The molecule has 0 fully saturated rings. The van der Waals surface area contributed by atoms with Crippen molar-refractivity contribution in [3.05, 3.63) is 59.7 Å². The fourth-order valence-electron chi connectivity index (χ4n) is 1.69. The van der Waals surface area contributed by atoms with Crippen LogP contribution in [0.25, 0.3) is 0 Å². The van der Waals surface area contributed by atoms with Gasteiger partial charge in [0.2, 0.25) is 0 Å². The van der Waals surface area contributed by atoms with E-state index >= 15 is 0 Å². The maximum Gasteiger partial charge on any atom is 0.127 e. The van der Waals surface area contributed by atoms with Gasteiger partial charge in [0.1, 0.15) is 16.5 Å². The largest absolute Gasteiger partial charge is 0.457 e. The topological polar surface area (TPSA) is 44.5 Å². The van der Waals surface area contributed by atoms with Crippen LogP contribution < -0.4 is 10.5 Å². The van der Waals surface area contributed by atoms with Crippen molar-refractivity contribution in [2.24, 2.45) is 5.73 Å². The second kappa shape index (κ2) is 6.31. The van der Waals surface area contributed by atoms with Gasteiger partial charge in [0.25, 0.3) is 0 Å². The maximum absolute atomic E-state index is 5.76. The van der Waals surface area contributed by atoms with E-state index in [1.807, 2.05) is 48.5 Å². The molecule has 3 nitrogen and oxygen atoms in total. The summed E-state index contributed by atoms with van der Waals surface area (Å²) < 4.78 is 10.9. The minimum absolute atomic E-state index is 0.383. The highest BCUT2D eigenvalue weighted by molar-refractivity contribution is 7.80. The summed E-state index contributed by atoms with van der Waals surface area (Å²) in [4.78, 5) is 0.383. The number of hydrogen-bond donors (Lipinski definition) is 1. The third-order valence-corrected chi connectivity index (χ3v) is 2.82. The van der Waals surface area contributed by atoms with Crippen LogP contribution in [0, 0.1) is 0 Å². The van der Waals surface area contributed by atoms with Crippen LogP contribution in [0.3, 0.4) is 0 Å². The van der Waals surface area contributed by atoms with Gasteiger partial charge in [-0.2, -0.15) is 0 Å². The number of ether oxygens (including phenoxy) is 2. The molecule has 0 atom stereocenters. The van der Waals surface area contributed by atoms with E-state index in [0.717, 1.165) is 22.6 Å². The second-order valence-corrected chi connectivity index (χ2v) is 4.51. The molecular formula is C15H15NO2S. The Labute approximate surface area is 118 Å². The summed E-state index contributed by atoms with van der Waals surface area (Å²) in [6.45, 7) is 0.567. The maximum atomic E-state index is 5.76. The van der Waals surface area contributed by atoms with Crippen molar-refractivity contribution in [2.45, 2.75) is 6.61 Å². The lowest BCUT2D eigenvalue weighted by Crippen LogP contribution is -2.08. The fraction of sp³-hybridized carbons (Fsp3) is 0.133. The molecule has 2 N–H and O–H groups in total. The molecule has 2 aromatic rings. The highest BCUT2D eigenvalue weighted by Gasteiger charge is 2.01. The van der Waals surface area contributed by atoms with Gasteiger partial charge in [-0.15, -0.1) is 0 Å². The molecule has 0 aromatic heterocycles. The van der Waals surface area contributed by atoms with Crippen molar-refractivity contribution in [3.63, 3.8) is 0 Å². The molecule has 0 aliphatic rings. The Morgan fingerprint density at radius 1 is 1.11 bits per heavy atom. The van der Waals surface area contributed by atoms with Gasteiger partial charge < -0.3 is 15.2 Å². The van der Waals surface area contributed by atoms with Crippen LogP contribution in [0.1, 0.15) is 11.1 Å². The van der Waals surface area contributed by atoms with Crippen LogP contribution in [-0.2, 0) is 11.3 Å². The third-order valence-electron chi connectivity index (χ3n) is 2.58. The quantitative estimate of drug-likeness (QED) is 0.849. The summed E-state index contributed by atoms with van der Waals surface area (Å²) >= 11 is 4.90. The van der Waals surface area contributed by atoms with E-state index in [1.54, 1.807) is 7.11 Å². The Bertz CT molecular complexity index is 567. The molecule has 0 aliphatic carbocycles. The SMILES string of the molecule is COCc1cccc(Oc2ccc(C(N)=S)cc2)c1. The molecule has 2 aromatic carbocycles. The van der Waals surface area contributed by atoms with Gasteiger partial charge in [-0.3, -0.25) is 0 Å². The van der Waals surface area contributed by atoms with Crippen molar-refractivity contribution in [1.29, 1.82) is 0 Å². The lowest BCUT2D eigenvalue weighted by atomic mass is 10.2. The number of hydrogen-bond acceptors (Lipinski definition) is 3. The minimum atomic E-state index is 0.383. The van der Waals surface area contributed by atoms with Gasteiger partial charge in [-0.25, -0.2) is 0 Å². The van der Waals surface area contributed by atoms with Crippen LogP contribution in [0.15, 0.2) is 48.5 Å². The second-order valence-electron chi connectivity index (χ2n) is 4.07. The van der Waals surface area contributed by atoms with Crippen LogP contribution in [0.4, 0.5) is 0 Å². The molecule has 4 heteroatoms. The molecule has 0 saturated heterocycles. The van der Waals surface area contributed by atoms with Crippen molar-refractivity contribution in [3.8, 4) is 11.5 Å². The number of thiocarbonyl (C=S) groups is 1. The normalized spacial score (nSPS) is 10.2. The molecule has 0 unspecified atom stereocenters. The van der Waals surface area contributed by atoms with Crippen molar-refractivity contribution >= 4 is 17.2 Å². The summed E-state index contributed by atoms with van der Waals surface area (Å²) in [5.74, 6) is 1.52. The summed E-state index contributed by atoms with van der Waals surface area (Å²) in [5, 5.41) is 0. The van der Waals surface area contributed by atoms with E-state index < -0.39 is 0 Å². The molecule has 98 valence electrons. The Morgan fingerprint density at radius 2 is 1.84 bits per heavy atom. The molecule has 0 aliphatic heterocycles. The number of methoxy groups -OCH3 is 1. The molecular weight excluding hydrogens is 258 g/mol. The predicted octanol–water partition coefficient (Wildman–Crippen LogP) is 3.26. The van der Waals surface area contributed by atoms with Gasteiger partial charge in [0.05, 0.1) is 6.61 Å². The first-order valence-corrected chi connectivity index (χ1v) is 6.25. The highest BCUT2D eigenvalue weighted by atomic mass is 32.1. The van der Waals surface area contributed by atoms with Crippen molar-refractivity contribution < 1.29 is 9.47 Å². The molecule has 0 saturated carbocycles. The summed E-state index contributed by atoms with van der Waals surface area (Å²) in [6, 6.07) is 15.2. The lowest BCUT2D eigenvalue weighted by molar-refractivity contribution is 0.184. The van der Waals surface area contributed by atoms with Gasteiger partial charge in [0, 0.05) is 12.7 Å². The average molecular weight is 273 g/mol. The zero-order valence-electron chi connectivity index (χ0n) is 10.6. The van der Waals surface area contributed by atoms with Gasteiger partial charge >= 0.3 is 0 Å².